The zero-order chi connectivity index (χ0) is 14.4. The van der Waals surface area contributed by atoms with Gasteiger partial charge in [-0.3, -0.25) is 9.36 Å². The van der Waals surface area contributed by atoms with E-state index in [9.17, 15) is 9.59 Å². The van der Waals surface area contributed by atoms with Crippen LogP contribution in [0.15, 0.2) is 11.1 Å². The van der Waals surface area contributed by atoms with Crippen LogP contribution in [0.3, 0.4) is 0 Å². The fraction of sp³-hybridized carbons (Fsp3) is 0.600. The van der Waals surface area contributed by atoms with Gasteiger partial charge in [0.25, 0.3) is 0 Å². The highest BCUT2D eigenvalue weighted by atomic mass is 16.6. The molecule has 1 unspecified atom stereocenters. The standard InChI is InChI=1S/C10H16N4O5/c1-6(19-7(2)16)8(3-15)18-5-14-4-12-9(11)13-10(14)17/h4,6,8,15H,3,5H2,1-2H3,(H2,11,13,17)/t6?,8-/m1/s1. The van der Waals surface area contributed by atoms with Crippen LogP contribution in [0.5, 0.6) is 0 Å². The molecule has 0 saturated carbocycles. The summed E-state index contributed by atoms with van der Waals surface area (Å²) in [7, 11) is 0. The molecule has 9 nitrogen and oxygen atoms in total. The van der Waals surface area contributed by atoms with E-state index in [0.717, 1.165) is 4.57 Å². The predicted octanol–water partition coefficient (Wildman–Crippen LogP) is -1.49. The molecule has 0 aliphatic rings. The van der Waals surface area contributed by atoms with Crippen molar-refractivity contribution in [3.63, 3.8) is 0 Å². The molecule has 0 bridgehead atoms. The van der Waals surface area contributed by atoms with Gasteiger partial charge in [0.2, 0.25) is 5.95 Å². The van der Waals surface area contributed by atoms with Crippen molar-refractivity contribution in [3.05, 3.63) is 16.8 Å². The average Bonchev–Trinajstić information content (AvgIpc) is 2.31. The molecule has 1 heterocycles. The van der Waals surface area contributed by atoms with Crippen molar-refractivity contribution in [1.29, 1.82) is 0 Å². The first-order valence-electron chi connectivity index (χ1n) is 5.52. The molecule has 1 rings (SSSR count). The Bertz CT molecular complexity index is 489. The van der Waals surface area contributed by atoms with Crippen LogP contribution in [0, 0.1) is 0 Å². The van der Waals surface area contributed by atoms with Crippen molar-refractivity contribution >= 4 is 11.9 Å². The quantitative estimate of drug-likeness (QED) is 0.599. The van der Waals surface area contributed by atoms with Crippen LogP contribution in [0.1, 0.15) is 13.8 Å². The van der Waals surface area contributed by atoms with Crippen molar-refractivity contribution in [1.82, 2.24) is 14.5 Å². The molecule has 0 aromatic carbocycles. The van der Waals surface area contributed by atoms with E-state index >= 15 is 0 Å². The van der Waals surface area contributed by atoms with Crippen molar-refractivity contribution in [2.75, 3.05) is 12.3 Å². The summed E-state index contributed by atoms with van der Waals surface area (Å²) in [4.78, 5) is 29.2. The highest BCUT2D eigenvalue weighted by molar-refractivity contribution is 5.66. The van der Waals surface area contributed by atoms with Crippen molar-refractivity contribution in [2.24, 2.45) is 0 Å². The first-order chi connectivity index (χ1) is 8.93. The van der Waals surface area contributed by atoms with E-state index in [1.54, 1.807) is 6.92 Å². The van der Waals surface area contributed by atoms with Gasteiger partial charge in [0, 0.05) is 6.92 Å². The first kappa shape index (κ1) is 15.1. The second-order valence-corrected chi connectivity index (χ2v) is 3.80. The number of nitrogens with zero attached hydrogens (tertiary/aromatic N) is 3. The summed E-state index contributed by atoms with van der Waals surface area (Å²) in [5.74, 6) is -0.615. The highest BCUT2D eigenvalue weighted by Gasteiger charge is 2.20. The molecule has 3 N–H and O–H groups in total. The molecular weight excluding hydrogens is 256 g/mol. The molecular formula is C10H16N4O5. The number of nitrogens with two attached hydrogens (primary N) is 1. The molecule has 0 aliphatic carbocycles. The monoisotopic (exact) mass is 272 g/mol. The second kappa shape index (κ2) is 6.81. The highest BCUT2D eigenvalue weighted by Crippen LogP contribution is 2.04. The first-order valence-corrected chi connectivity index (χ1v) is 5.52. The summed E-state index contributed by atoms with van der Waals surface area (Å²) >= 11 is 0. The number of rotatable bonds is 6. The van der Waals surface area contributed by atoms with Crippen molar-refractivity contribution < 1.29 is 19.4 Å². The molecule has 9 heteroatoms. The van der Waals surface area contributed by atoms with Gasteiger partial charge >= 0.3 is 11.7 Å². The molecule has 2 atom stereocenters. The van der Waals surface area contributed by atoms with Crippen LogP contribution in [-0.2, 0) is 21.0 Å². The molecule has 0 amide bonds. The summed E-state index contributed by atoms with van der Waals surface area (Å²) in [6.45, 7) is 2.28. The fourth-order valence-electron chi connectivity index (χ4n) is 1.31. The maximum Gasteiger partial charge on any atom is 0.353 e. The Morgan fingerprint density at radius 1 is 1.63 bits per heavy atom. The Morgan fingerprint density at radius 2 is 2.32 bits per heavy atom. The van der Waals surface area contributed by atoms with Crippen LogP contribution in [0.25, 0.3) is 0 Å². The molecule has 0 radical (unpaired) electrons. The van der Waals surface area contributed by atoms with Gasteiger partial charge in [-0.2, -0.15) is 4.98 Å². The molecule has 0 aliphatic heterocycles. The number of ether oxygens (including phenoxy) is 2. The van der Waals surface area contributed by atoms with Gasteiger partial charge in [0.1, 0.15) is 25.3 Å². The zero-order valence-corrected chi connectivity index (χ0v) is 10.6. The van der Waals surface area contributed by atoms with Crippen LogP contribution in [-0.4, -0.2) is 44.4 Å². The number of aromatic nitrogens is 3. The Morgan fingerprint density at radius 3 is 2.84 bits per heavy atom. The van der Waals surface area contributed by atoms with Gasteiger partial charge in [-0.25, -0.2) is 9.78 Å². The topological polar surface area (TPSA) is 130 Å². The normalized spacial score (nSPS) is 13.8. The van der Waals surface area contributed by atoms with Crippen molar-refractivity contribution in [2.45, 2.75) is 32.8 Å². The van der Waals surface area contributed by atoms with Crippen LogP contribution in [0.2, 0.25) is 0 Å². The van der Waals surface area contributed by atoms with E-state index in [-0.39, 0.29) is 19.3 Å². The number of hydrogen-bond donors (Lipinski definition) is 2. The summed E-state index contributed by atoms with van der Waals surface area (Å²) in [6, 6.07) is 0. The Balaban J connectivity index is 2.62. The third-order valence-electron chi connectivity index (χ3n) is 2.27. The second-order valence-electron chi connectivity index (χ2n) is 3.80. The fourth-order valence-corrected chi connectivity index (χ4v) is 1.31. The lowest BCUT2D eigenvalue weighted by Gasteiger charge is -2.22. The lowest BCUT2D eigenvalue weighted by Crippen LogP contribution is -2.36. The van der Waals surface area contributed by atoms with Crippen LogP contribution in [0.4, 0.5) is 5.95 Å². The molecule has 19 heavy (non-hydrogen) atoms. The minimum Gasteiger partial charge on any atom is -0.460 e. The predicted molar refractivity (Wildman–Crippen MR) is 63.9 cm³/mol. The molecule has 1 aromatic rings. The third kappa shape index (κ3) is 4.64. The van der Waals surface area contributed by atoms with Crippen molar-refractivity contribution in [3.8, 4) is 0 Å². The van der Waals surface area contributed by atoms with E-state index in [4.69, 9.17) is 20.3 Å². The number of carbonyl (C=O) groups is 1. The molecule has 0 spiro atoms. The van der Waals surface area contributed by atoms with E-state index in [2.05, 4.69) is 9.97 Å². The number of esters is 1. The third-order valence-corrected chi connectivity index (χ3v) is 2.27. The van der Waals surface area contributed by atoms with E-state index in [0.29, 0.717) is 0 Å². The molecule has 1 aromatic heterocycles. The number of nitrogen functional groups attached to an aromatic ring is 1. The van der Waals surface area contributed by atoms with E-state index in [1.807, 2.05) is 0 Å². The summed E-state index contributed by atoms with van der Waals surface area (Å²) in [5.41, 5.74) is 4.62. The summed E-state index contributed by atoms with van der Waals surface area (Å²) in [6.07, 6.45) is -0.225. The number of anilines is 1. The van der Waals surface area contributed by atoms with Gasteiger partial charge < -0.3 is 20.3 Å². The zero-order valence-electron chi connectivity index (χ0n) is 10.6. The Labute approximate surface area is 109 Å². The average molecular weight is 272 g/mol. The lowest BCUT2D eigenvalue weighted by atomic mass is 10.2. The number of hydrogen-bond acceptors (Lipinski definition) is 8. The number of carbonyl (C=O) groups excluding carboxylic acids is 1. The summed E-state index contributed by atoms with van der Waals surface area (Å²) in [5, 5.41) is 9.15. The molecule has 0 fully saturated rings. The van der Waals surface area contributed by atoms with Crippen LogP contribution < -0.4 is 11.4 Å². The largest absolute Gasteiger partial charge is 0.460 e. The van der Waals surface area contributed by atoms with Gasteiger partial charge in [-0.1, -0.05) is 0 Å². The Kier molecular flexibility index (Phi) is 5.39. The summed E-state index contributed by atoms with van der Waals surface area (Å²) < 4.78 is 11.2. The number of aliphatic hydroxyl groups is 1. The van der Waals surface area contributed by atoms with Gasteiger partial charge in [0.15, 0.2) is 0 Å². The maximum atomic E-state index is 11.4. The van der Waals surface area contributed by atoms with Crippen LogP contribution >= 0.6 is 0 Å². The lowest BCUT2D eigenvalue weighted by molar-refractivity contribution is -0.158. The van der Waals surface area contributed by atoms with Gasteiger partial charge in [-0.05, 0) is 6.92 Å². The molecule has 0 saturated heterocycles. The minimum atomic E-state index is -0.756. The Hall–Kier alpha value is -2.00. The smallest absolute Gasteiger partial charge is 0.353 e. The minimum absolute atomic E-state index is 0.131. The number of aliphatic hydroxyl groups excluding tert-OH is 1. The van der Waals surface area contributed by atoms with Gasteiger partial charge in [-0.15, -0.1) is 0 Å². The van der Waals surface area contributed by atoms with E-state index < -0.39 is 23.9 Å². The molecule has 106 valence electrons. The van der Waals surface area contributed by atoms with Gasteiger partial charge in [0.05, 0.1) is 6.61 Å². The van der Waals surface area contributed by atoms with E-state index in [1.165, 1.54) is 13.3 Å². The maximum absolute atomic E-state index is 11.4. The SMILES string of the molecule is CC(=O)OC(C)[C@@H](CO)OCn1cnc(N)nc1=O.